The molecule has 1 amide bonds. The van der Waals surface area contributed by atoms with E-state index in [9.17, 15) is 9.59 Å². The topological polar surface area (TPSA) is 74.3 Å². The van der Waals surface area contributed by atoms with Crippen molar-refractivity contribution in [2.75, 3.05) is 33.9 Å². The first kappa shape index (κ1) is 18.1. The van der Waals surface area contributed by atoms with Crippen molar-refractivity contribution < 1.29 is 28.5 Å². The molecule has 1 heterocycles. The van der Waals surface area contributed by atoms with Gasteiger partial charge in [0.15, 0.2) is 6.61 Å². The molecule has 0 bridgehead atoms. The number of carbonyl (C=O) groups excluding carboxylic acids is 2. The number of amides is 1. The Labute approximate surface area is 141 Å². The van der Waals surface area contributed by atoms with E-state index in [-0.39, 0.29) is 30.3 Å². The first-order valence-electron chi connectivity index (χ1n) is 7.77. The number of nitrogens with zero attached hydrogens (tertiary/aromatic N) is 1. The molecule has 7 nitrogen and oxygen atoms in total. The van der Waals surface area contributed by atoms with Crippen LogP contribution >= 0.6 is 0 Å². The molecular formula is C17H23NO6. The first-order chi connectivity index (χ1) is 11.5. The van der Waals surface area contributed by atoms with Crippen LogP contribution in [-0.4, -0.2) is 62.9 Å². The average Bonchev–Trinajstić information content (AvgIpc) is 2.57. The van der Waals surface area contributed by atoms with Gasteiger partial charge in [0.25, 0.3) is 5.91 Å². The number of benzene rings is 1. The summed E-state index contributed by atoms with van der Waals surface area (Å²) >= 11 is 0. The summed E-state index contributed by atoms with van der Waals surface area (Å²) in [4.78, 5) is 26.3. The van der Waals surface area contributed by atoms with Crippen molar-refractivity contribution in [2.24, 2.45) is 0 Å². The zero-order valence-corrected chi connectivity index (χ0v) is 14.4. The van der Waals surface area contributed by atoms with Crippen LogP contribution in [0, 0.1) is 0 Å². The van der Waals surface area contributed by atoms with E-state index in [0.717, 1.165) is 0 Å². The Hall–Kier alpha value is -2.28. The average molecular weight is 337 g/mol. The van der Waals surface area contributed by atoms with Crippen molar-refractivity contribution in [1.29, 1.82) is 0 Å². The fourth-order valence-electron chi connectivity index (χ4n) is 2.72. The number of carbonyl (C=O) groups is 2. The molecule has 0 saturated carbocycles. The maximum atomic E-state index is 12.3. The van der Waals surface area contributed by atoms with Crippen LogP contribution in [0.15, 0.2) is 18.2 Å². The molecule has 1 aliphatic heterocycles. The summed E-state index contributed by atoms with van der Waals surface area (Å²) in [5.41, 5.74) is 0.166. The van der Waals surface area contributed by atoms with Crippen molar-refractivity contribution in [3.8, 4) is 11.5 Å². The summed E-state index contributed by atoms with van der Waals surface area (Å²) in [5.74, 6) is -0.243. The van der Waals surface area contributed by atoms with E-state index >= 15 is 0 Å². The van der Waals surface area contributed by atoms with E-state index in [1.165, 1.54) is 14.2 Å². The van der Waals surface area contributed by atoms with Crippen molar-refractivity contribution in [1.82, 2.24) is 4.90 Å². The molecule has 1 aliphatic rings. The Bertz CT molecular complexity index is 570. The van der Waals surface area contributed by atoms with Gasteiger partial charge in [0, 0.05) is 13.1 Å². The summed E-state index contributed by atoms with van der Waals surface area (Å²) < 4.78 is 21.1. The molecule has 7 heteroatoms. The minimum Gasteiger partial charge on any atom is -0.496 e. The van der Waals surface area contributed by atoms with Gasteiger partial charge in [0.1, 0.15) is 17.1 Å². The van der Waals surface area contributed by atoms with Gasteiger partial charge in [-0.1, -0.05) is 6.07 Å². The second kappa shape index (κ2) is 8.01. The van der Waals surface area contributed by atoms with Gasteiger partial charge in [-0.25, -0.2) is 4.79 Å². The van der Waals surface area contributed by atoms with Crippen molar-refractivity contribution in [3.63, 3.8) is 0 Å². The van der Waals surface area contributed by atoms with Crippen molar-refractivity contribution >= 4 is 11.9 Å². The molecule has 0 aliphatic carbocycles. The lowest BCUT2D eigenvalue weighted by atomic mass is 10.2. The molecule has 0 aromatic heterocycles. The minimum atomic E-state index is -0.660. The lowest BCUT2D eigenvalue weighted by Crippen LogP contribution is -2.49. The molecule has 1 aromatic rings. The zero-order valence-electron chi connectivity index (χ0n) is 14.4. The van der Waals surface area contributed by atoms with E-state index in [2.05, 4.69) is 0 Å². The Kier molecular flexibility index (Phi) is 6.03. The monoisotopic (exact) mass is 337 g/mol. The molecule has 0 N–H and O–H groups in total. The molecule has 2 rings (SSSR count). The number of hydrogen-bond donors (Lipinski definition) is 0. The third-order valence-electron chi connectivity index (χ3n) is 3.73. The molecule has 1 saturated heterocycles. The van der Waals surface area contributed by atoms with Crippen molar-refractivity contribution in [2.45, 2.75) is 26.1 Å². The van der Waals surface area contributed by atoms with E-state index in [1.807, 2.05) is 13.8 Å². The third-order valence-corrected chi connectivity index (χ3v) is 3.73. The number of esters is 1. The molecule has 2 atom stereocenters. The quantitative estimate of drug-likeness (QED) is 0.758. The highest BCUT2D eigenvalue weighted by Crippen LogP contribution is 2.28. The van der Waals surface area contributed by atoms with Gasteiger partial charge < -0.3 is 23.8 Å². The Morgan fingerprint density at radius 1 is 1.12 bits per heavy atom. The predicted octanol–water partition coefficient (Wildman–Crippen LogP) is 1.50. The van der Waals surface area contributed by atoms with E-state index in [4.69, 9.17) is 18.9 Å². The van der Waals surface area contributed by atoms with Crippen LogP contribution in [0.4, 0.5) is 0 Å². The minimum absolute atomic E-state index is 0.0392. The van der Waals surface area contributed by atoms with Crippen LogP contribution in [0.2, 0.25) is 0 Å². The van der Waals surface area contributed by atoms with Gasteiger partial charge in [0.05, 0.1) is 26.4 Å². The van der Waals surface area contributed by atoms with Crippen LogP contribution in [-0.2, 0) is 14.3 Å². The fourth-order valence-corrected chi connectivity index (χ4v) is 2.72. The summed E-state index contributed by atoms with van der Waals surface area (Å²) in [5, 5.41) is 0. The van der Waals surface area contributed by atoms with Crippen LogP contribution in [0.1, 0.15) is 24.2 Å². The van der Waals surface area contributed by atoms with Gasteiger partial charge in [-0.05, 0) is 26.0 Å². The van der Waals surface area contributed by atoms with E-state index < -0.39 is 5.97 Å². The molecule has 0 spiro atoms. The highest BCUT2D eigenvalue weighted by Gasteiger charge is 2.27. The van der Waals surface area contributed by atoms with Gasteiger partial charge >= 0.3 is 5.97 Å². The number of rotatable bonds is 5. The first-order valence-corrected chi connectivity index (χ1v) is 7.77. The van der Waals surface area contributed by atoms with E-state index in [0.29, 0.717) is 24.6 Å². The standard InChI is InChI=1S/C17H23NO6/c1-11-8-18(9-12(2)24-11)15(19)10-23-17(20)16-13(21-3)6-5-7-14(16)22-4/h5-7,11-12H,8-10H2,1-4H3/t11-,12-/m0/s1. The molecule has 0 radical (unpaired) electrons. The summed E-state index contributed by atoms with van der Waals surface area (Å²) in [6.45, 7) is 4.44. The Morgan fingerprint density at radius 3 is 2.17 bits per heavy atom. The van der Waals surface area contributed by atoms with E-state index in [1.54, 1.807) is 23.1 Å². The summed E-state index contributed by atoms with van der Waals surface area (Å²) in [6, 6.07) is 4.97. The lowest BCUT2D eigenvalue weighted by Gasteiger charge is -2.35. The van der Waals surface area contributed by atoms with Gasteiger partial charge in [-0.3, -0.25) is 4.79 Å². The molecule has 132 valence electrons. The zero-order chi connectivity index (χ0) is 17.7. The Morgan fingerprint density at radius 2 is 1.67 bits per heavy atom. The SMILES string of the molecule is COc1cccc(OC)c1C(=O)OCC(=O)N1C[C@H](C)O[C@@H](C)C1. The highest BCUT2D eigenvalue weighted by molar-refractivity contribution is 5.96. The molecule has 0 unspecified atom stereocenters. The molecule has 24 heavy (non-hydrogen) atoms. The van der Waals surface area contributed by atoms with Crippen LogP contribution in [0.5, 0.6) is 11.5 Å². The lowest BCUT2D eigenvalue weighted by molar-refractivity contribution is -0.146. The molecule has 1 fully saturated rings. The maximum absolute atomic E-state index is 12.3. The third kappa shape index (κ3) is 4.17. The number of methoxy groups -OCH3 is 2. The smallest absolute Gasteiger partial charge is 0.346 e. The number of hydrogen-bond acceptors (Lipinski definition) is 6. The summed E-state index contributed by atoms with van der Waals surface area (Å²) in [6.07, 6.45) is -0.0783. The number of morpholine rings is 1. The molecular weight excluding hydrogens is 314 g/mol. The van der Waals surface area contributed by atoms with Gasteiger partial charge in [-0.15, -0.1) is 0 Å². The predicted molar refractivity (Wildman–Crippen MR) is 86.4 cm³/mol. The van der Waals surface area contributed by atoms with Crippen LogP contribution in [0.25, 0.3) is 0 Å². The van der Waals surface area contributed by atoms with Gasteiger partial charge in [0.2, 0.25) is 0 Å². The van der Waals surface area contributed by atoms with Crippen LogP contribution < -0.4 is 9.47 Å². The second-order valence-electron chi connectivity index (χ2n) is 5.67. The highest BCUT2D eigenvalue weighted by atomic mass is 16.5. The molecule has 1 aromatic carbocycles. The maximum Gasteiger partial charge on any atom is 0.346 e. The van der Waals surface area contributed by atoms with Crippen molar-refractivity contribution in [3.05, 3.63) is 23.8 Å². The van der Waals surface area contributed by atoms with Gasteiger partial charge in [-0.2, -0.15) is 0 Å². The second-order valence-corrected chi connectivity index (χ2v) is 5.67. The van der Waals surface area contributed by atoms with Crippen LogP contribution in [0.3, 0.4) is 0 Å². The Balaban J connectivity index is 2.02. The summed E-state index contributed by atoms with van der Waals surface area (Å²) in [7, 11) is 2.90. The normalized spacial score (nSPS) is 20.4. The number of ether oxygens (including phenoxy) is 4. The largest absolute Gasteiger partial charge is 0.496 e. The fraction of sp³-hybridized carbons (Fsp3) is 0.529.